The summed E-state index contributed by atoms with van der Waals surface area (Å²) < 4.78 is 1.77. The van der Waals surface area contributed by atoms with Crippen LogP contribution in [0.4, 0.5) is 0 Å². The molecule has 1 aromatic carbocycles. The highest BCUT2D eigenvalue weighted by atomic mass is 16.2. The average molecular weight is 338 g/mol. The number of hydrogen-bond acceptors (Lipinski definition) is 3. The van der Waals surface area contributed by atoms with Gasteiger partial charge in [0.2, 0.25) is 0 Å². The van der Waals surface area contributed by atoms with Gasteiger partial charge in [0.1, 0.15) is 0 Å². The number of nitrogens with zero attached hydrogens (tertiary/aromatic N) is 4. The Morgan fingerprint density at radius 2 is 1.64 bits per heavy atom. The van der Waals surface area contributed by atoms with Crippen LogP contribution < -0.4 is 0 Å². The van der Waals surface area contributed by atoms with Gasteiger partial charge in [-0.3, -0.25) is 4.79 Å². The van der Waals surface area contributed by atoms with Crippen LogP contribution in [0, 0.1) is 0 Å². The highest BCUT2D eigenvalue weighted by Crippen LogP contribution is 2.21. The van der Waals surface area contributed by atoms with Crippen LogP contribution in [0.25, 0.3) is 5.69 Å². The fourth-order valence-electron chi connectivity index (χ4n) is 4.04. The summed E-state index contributed by atoms with van der Waals surface area (Å²) in [6, 6.07) is 12.4. The molecule has 4 rings (SSSR count). The molecular weight excluding hydrogens is 312 g/mol. The molecule has 25 heavy (non-hydrogen) atoms. The predicted octanol–water partition coefficient (Wildman–Crippen LogP) is 2.96. The Morgan fingerprint density at radius 3 is 2.36 bits per heavy atom. The third-order valence-corrected chi connectivity index (χ3v) is 5.49. The molecule has 2 aromatic rings. The Bertz CT molecular complexity index is 697. The van der Waals surface area contributed by atoms with E-state index in [-0.39, 0.29) is 5.91 Å². The zero-order valence-corrected chi connectivity index (χ0v) is 14.7. The number of rotatable bonds is 3. The van der Waals surface area contributed by atoms with Crippen molar-refractivity contribution in [1.82, 2.24) is 19.6 Å². The molecule has 2 aliphatic rings. The van der Waals surface area contributed by atoms with E-state index in [4.69, 9.17) is 0 Å². The number of para-hydroxylation sites is 1. The zero-order chi connectivity index (χ0) is 17.1. The van der Waals surface area contributed by atoms with E-state index in [2.05, 4.69) is 10.00 Å². The fraction of sp³-hybridized carbons (Fsp3) is 0.500. The van der Waals surface area contributed by atoms with Gasteiger partial charge in [-0.1, -0.05) is 24.6 Å². The summed E-state index contributed by atoms with van der Waals surface area (Å²) >= 11 is 0. The molecule has 132 valence electrons. The Kier molecular flexibility index (Phi) is 4.83. The minimum Gasteiger partial charge on any atom is -0.337 e. The summed E-state index contributed by atoms with van der Waals surface area (Å²) in [5.74, 6) is 0.0618. The van der Waals surface area contributed by atoms with Crippen LogP contribution >= 0.6 is 0 Å². The monoisotopic (exact) mass is 338 g/mol. The largest absolute Gasteiger partial charge is 0.337 e. The van der Waals surface area contributed by atoms with E-state index in [0.29, 0.717) is 11.7 Å². The third kappa shape index (κ3) is 3.61. The molecule has 5 heteroatoms. The number of likely N-dealkylation sites (tertiary alicyclic amines) is 2. The van der Waals surface area contributed by atoms with E-state index in [9.17, 15) is 4.79 Å². The van der Waals surface area contributed by atoms with Gasteiger partial charge in [-0.05, 0) is 57.0 Å². The van der Waals surface area contributed by atoms with Gasteiger partial charge in [-0.15, -0.1) is 0 Å². The molecule has 2 saturated heterocycles. The number of carbonyl (C=O) groups is 1. The number of amides is 1. The van der Waals surface area contributed by atoms with Crippen molar-refractivity contribution < 1.29 is 4.79 Å². The molecule has 0 unspecified atom stereocenters. The van der Waals surface area contributed by atoms with E-state index in [1.807, 2.05) is 47.5 Å². The van der Waals surface area contributed by atoms with Crippen LogP contribution in [0.5, 0.6) is 0 Å². The van der Waals surface area contributed by atoms with Crippen molar-refractivity contribution in [1.29, 1.82) is 0 Å². The Hall–Kier alpha value is -2.14. The lowest BCUT2D eigenvalue weighted by atomic mass is 10.00. The van der Waals surface area contributed by atoms with Crippen LogP contribution in [-0.2, 0) is 0 Å². The molecule has 0 aliphatic carbocycles. The van der Waals surface area contributed by atoms with Gasteiger partial charge < -0.3 is 9.80 Å². The van der Waals surface area contributed by atoms with Crippen molar-refractivity contribution in [3.63, 3.8) is 0 Å². The number of carbonyl (C=O) groups excluding carboxylic acids is 1. The molecule has 2 aliphatic heterocycles. The predicted molar refractivity (Wildman–Crippen MR) is 97.9 cm³/mol. The van der Waals surface area contributed by atoms with Gasteiger partial charge in [-0.2, -0.15) is 5.10 Å². The molecule has 2 fully saturated rings. The Balaban J connectivity index is 1.37. The first-order chi connectivity index (χ1) is 12.3. The van der Waals surface area contributed by atoms with Crippen LogP contribution in [0.1, 0.15) is 42.6 Å². The fourth-order valence-corrected chi connectivity index (χ4v) is 4.04. The molecule has 3 heterocycles. The van der Waals surface area contributed by atoms with Crippen molar-refractivity contribution in [3.8, 4) is 5.69 Å². The summed E-state index contributed by atoms with van der Waals surface area (Å²) in [4.78, 5) is 17.4. The maximum absolute atomic E-state index is 12.8. The molecule has 1 amide bonds. The lowest BCUT2D eigenvalue weighted by Gasteiger charge is -2.40. The molecule has 1 aromatic heterocycles. The van der Waals surface area contributed by atoms with Crippen LogP contribution in [0.2, 0.25) is 0 Å². The Labute approximate surface area is 149 Å². The van der Waals surface area contributed by atoms with E-state index in [1.54, 1.807) is 4.68 Å². The van der Waals surface area contributed by atoms with Gasteiger partial charge in [-0.25, -0.2) is 4.68 Å². The third-order valence-electron chi connectivity index (χ3n) is 5.49. The molecule has 0 N–H and O–H groups in total. The normalized spacial score (nSPS) is 19.9. The molecule has 0 saturated carbocycles. The minimum absolute atomic E-state index is 0.0618. The van der Waals surface area contributed by atoms with Gasteiger partial charge in [0.15, 0.2) is 5.69 Å². The number of piperidine rings is 2. The maximum atomic E-state index is 12.8. The van der Waals surface area contributed by atoms with E-state index in [1.165, 1.54) is 32.4 Å². The van der Waals surface area contributed by atoms with Gasteiger partial charge in [0, 0.05) is 25.3 Å². The van der Waals surface area contributed by atoms with Crippen molar-refractivity contribution in [2.45, 2.75) is 38.1 Å². The molecule has 0 atom stereocenters. The van der Waals surface area contributed by atoms with Gasteiger partial charge in [0.25, 0.3) is 5.91 Å². The number of hydrogen-bond donors (Lipinski definition) is 0. The lowest BCUT2D eigenvalue weighted by molar-refractivity contribution is 0.0584. The van der Waals surface area contributed by atoms with Crippen LogP contribution in [0.15, 0.2) is 42.6 Å². The second-order valence-corrected chi connectivity index (χ2v) is 7.10. The summed E-state index contributed by atoms with van der Waals surface area (Å²) in [5, 5.41) is 4.48. The number of benzene rings is 1. The first-order valence-corrected chi connectivity index (χ1v) is 9.46. The molecule has 0 bridgehead atoms. The van der Waals surface area contributed by atoms with Crippen molar-refractivity contribution >= 4 is 5.91 Å². The lowest BCUT2D eigenvalue weighted by Crippen LogP contribution is -2.48. The smallest absolute Gasteiger partial charge is 0.274 e. The average Bonchev–Trinajstić information content (AvgIpc) is 3.19. The summed E-state index contributed by atoms with van der Waals surface area (Å²) in [7, 11) is 0. The quantitative estimate of drug-likeness (QED) is 0.864. The second-order valence-electron chi connectivity index (χ2n) is 7.10. The first kappa shape index (κ1) is 16.3. The van der Waals surface area contributed by atoms with Gasteiger partial charge in [0.05, 0.1) is 5.69 Å². The second kappa shape index (κ2) is 7.40. The summed E-state index contributed by atoms with van der Waals surface area (Å²) in [5.41, 5.74) is 1.52. The zero-order valence-electron chi connectivity index (χ0n) is 14.7. The molecule has 0 spiro atoms. The van der Waals surface area contributed by atoms with E-state index in [0.717, 1.165) is 31.6 Å². The minimum atomic E-state index is 0.0618. The highest BCUT2D eigenvalue weighted by Gasteiger charge is 2.28. The molecule has 0 radical (unpaired) electrons. The molecular formula is C20H26N4O. The van der Waals surface area contributed by atoms with E-state index >= 15 is 0 Å². The topological polar surface area (TPSA) is 41.4 Å². The van der Waals surface area contributed by atoms with Crippen molar-refractivity contribution in [2.24, 2.45) is 0 Å². The maximum Gasteiger partial charge on any atom is 0.274 e. The van der Waals surface area contributed by atoms with E-state index < -0.39 is 0 Å². The summed E-state index contributed by atoms with van der Waals surface area (Å²) in [6.45, 7) is 4.16. The summed E-state index contributed by atoms with van der Waals surface area (Å²) in [6.07, 6.45) is 8.07. The SMILES string of the molecule is O=C(c1ccn(-c2ccccc2)n1)N1CCC(N2CCCCC2)CC1. The van der Waals surface area contributed by atoms with Crippen LogP contribution in [-0.4, -0.2) is 57.7 Å². The standard InChI is InChI=1S/C20H26N4O/c25-20(19-11-16-24(21-19)18-7-3-1-4-8-18)23-14-9-17(10-15-23)22-12-5-2-6-13-22/h1,3-4,7-8,11,16-17H,2,5-6,9-10,12-15H2. The Morgan fingerprint density at radius 1 is 0.920 bits per heavy atom. The molecule has 5 nitrogen and oxygen atoms in total. The van der Waals surface area contributed by atoms with Crippen molar-refractivity contribution in [2.75, 3.05) is 26.2 Å². The highest BCUT2D eigenvalue weighted by molar-refractivity contribution is 5.92. The number of aromatic nitrogens is 2. The van der Waals surface area contributed by atoms with Crippen LogP contribution in [0.3, 0.4) is 0 Å². The van der Waals surface area contributed by atoms with Gasteiger partial charge >= 0.3 is 0 Å². The first-order valence-electron chi connectivity index (χ1n) is 9.46. The van der Waals surface area contributed by atoms with Crippen molar-refractivity contribution in [3.05, 3.63) is 48.3 Å².